The van der Waals surface area contributed by atoms with E-state index in [-0.39, 0.29) is 42.1 Å². The topological polar surface area (TPSA) is 66.4 Å². The van der Waals surface area contributed by atoms with Gasteiger partial charge in [0, 0.05) is 5.92 Å². The molecule has 0 N–H and O–H groups in total. The summed E-state index contributed by atoms with van der Waals surface area (Å²) in [7, 11) is -4.62. The molecule has 0 aliphatic carbocycles. The summed E-state index contributed by atoms with van der Waals surface area (Å²) in [6.45, 7) is 4.51. The zero-order chi connectivity index (χ0) is 27.3. The minimum absolute atomic E-state index is 0. The maximum absolute atomic E-state index is 10.9. The van der Waals surface area contributed by atoms with Crippen molar-refractivity contribution in [2.24, 2.45) is 5.92 Å². The molecule has 0 aromatic rings. The van der Waals surface area contributed by atoms with Crippen LogP contribution in [0.3, 0.4) is 0 Å². The minimum Gasteiger partial charge on any atom is -0.726 e. The van der Waals surface area contributed by atoms with Crippen LogP contribution in [-0.2, 0) is 14.6 Å². The van der Waals surface area contributed by atoms with E-state index in [9.17, 15) is 13.0 Å². The fraction of sp³-hybridized carbons (Fsp3) is 0.938. The Morgan fingerprint density at radius 3 is 1.29 bits per heavy atom. The van der Waals surface area contributed by atoms with Gasteiger partial charge in [-0.2, -0.15) is 0 Å². The van der Waals surface area contributed by atoms with Crippen LogP contribution >= 0.6 is 0 Å². The Morgan fingerprint density at radius 1 is 0.579 bits per heavy atom. The molecule has 222 valence electrons. The van der Waals surface area contributed by atoms with Gasteiger partial charge in [-0.05, 0) is 19.3 Å². The van der Waals surface area contributed by atoms with Gasteiger partial charge in [-0.25, -0.2) is 8.42 Å². The largest absolute Gasteiger partial charge is 1.00 e. The Bertz CT molecular complexity index is 580. The average molecular weight is 567 g/mol. The molecule has 0 rings (SSSR count). The van der Waals surface area contributed by atoms with Crippen molar-refractivity contribution in [3.05, 3.63) is 12.2 Å². The van der Waals surface area contributed by atoms with E-state index < -0.39 is 10.4 Å². The molecule has 4 nitrogen and oxygen atoms in total. The number of hydrogen-bond donors (Lipinski definition) is 0. The van der Waals surface area contributed by atoms with Gasteiger partial charge in [-0.3, -0.25) is 4.18 Å². The van der Waals surface area contributed by atoms with Gasteiger partial charge in [0.2, 0.25) is 10.4 Å². The van der Waals surface area contributed by atoms with Crippen molar-refractivity contribution in [1.82, 2.24) is 0 Å². The van der Waals surface area contributed by atoms with Crippen LogP contribution in [0.15, 0.2) is 12.2 Å². The SMILES string of the molecule is CCCCCCCCCCCCCCC/C=C/C(CCCCCCCCCCCCC)COS(=O)(=O)[O-].[Na+]. The summed E-state index contributed by atoms with van der Waals surface area (Å²) in [6.07, 6.45) is 38.0. The van der Waals surface area contributed by atoms with Crippen LogP contribution in [-0.4, -0.2) is 19.6 Å². The summed E-state index contributed by atoms with van der Waals surface area (Å²) < 4.78 is 37.3. The minimum atomic E-state index is -4.62. The van der Waals surface area contributed by atoms with Crippen LogP contribution in [0.1, 0.15) is 181 Å². The van der Waals surface area contributed by atoms with E-state index in [0.29, 0.717) is 0 Å². The third-order valence-electron chi connectivity index (χ3n) is 7.49. The Balaban J connectivity index is 0. The van der Waals surface area contributed by atoms with Gasteiger partial charge in [-0.1, -0.05) is 174 Å². The second-order valence-electron chi connectivity index (χ2n) is 11.2. The summed E-state index contributed by atoms with van der Waals surface area (Å²) in [5, 5.41) is 0. The molecule has 0 aliphatic heterocycles. The van der Waals surface area contributed by atoms with E-state index in [1.165, 1.54) is 148 Å². The van der Waals surface area contributed by atoms with Crippen LogP contribution in [0.5, 0.6) is 0 Å². The first-order valence-electron chi connectivity index (χ1n) is 16.3. The van der Waals surface area contributed by atoms with Gasteiger partial charge in [0.05, 0.1) is 6.61 Å². The van der Waals surface area contributed by atoms with Gasteiger partial charge in [0.15, 0.2) is 0 Å². The number of hydrogen-bond acceptors (Lipinski definition) is 4. The van der Waals surface area contributed by atoms with E-state index >= 15 is 0 Å². The van der Waals surface area contributed by atoms with E-state index in [1.54, 1.807) is 0 Å². The van der Waals surface area contributed by atoms with Crippen LogP contribution in [0.4, 0.5) is 0 Å². The first-order chi connectivity index (χ1) is 18.0. The summed E-state index contributed by atoms with van der Waals surface area (Å²) in [4.78, 5) is 0. The average Bonchev–Trinajstić information content (AvgIpc) is 2.87. The van der Waals surface area contributed by atoms with Crippen molar-refractivity contribution in [2.75, 3.05) is 6.61 Å². The second-order valence-corrected chi connectivity index (χ2v) is 12.3. The monoisotopic (exact) mass is 566 g/mol. The Morgan fingerprint density at radius 2 is 0.921 bits per heavy atom. The van der Waals surface area contributed by atoms with Crippen LogP contribution in [0.2, 0.25) is 0 Å². The van der Waals surface area contributed by atoms with Crippen LogP contribution in [0, 0.1) is 5.92 Å². The first-order valence-corrected chi connectivity index (χ1v) is 17.6. The molecule has 0 aliphatic rings. The van der Waals surface area contributed by atoms with Crippen LogP contribution < -0.4 is 29.6 Å². The van der Waals surface area contributed by atoms with Crippen molar-refractivity contribution in [3.8, 4) is 0 Å². The number of allylic oxidation sites excluding steroid dienone is 1. The third kappa shape index (κ3) is 34.6. The molecular weight excluding hydrogens is 503 g/mol. The molecule has 0 fully saturated rings. The van der Waals surface area contributed by atoms with E-state index in [2.05, 4.69) is 30.2 Å². The molecule has 0 radical (unpaired) electrons. The zero-order valence-corrected chi connectivity index (χ0v) is 28.7. The molecule has 0 spiro atoms. The van der Waals surface area contributed by atoms with Crippen molar-refractivity contribution in [3.63, 3.8) is 0 Å². The normalized spacial score (nSPS) is 12.7. The van der Waals surface area contributed by atoms with Crippen LogP contribution in [0.25, 0.3) is 0 Å². The standard InChI is InChI=1S/C32H64O4S.Na/c1-3-5-7-9-11-13-15-16-17-18-20-22-24-26-28-30-32(31-36-37(33,34)35)29-27-25-23-21-19-14-12-10-8-6-4-2;/h28,30,32H,3-27,29,31H2,1-2H3,(H,33,34,35);/q;+1/p-1/b30-28+;. The van der Waals surface area contributed by atoms with Gasteiger partial charge in [0.25, 0.3) is 0 Å². The molecule has 0 saturated heterocycles. The molecule has 6 heteroatoms. The number of rotatable bonds is 30. The molecule has 0 saturated carbocycles. The zero-order valence-electron chi connectivity index (χ0n) is 25.9. The van der Waals surface area contributed by atoms with Crippen molar-refractivity contribution < 1.29 is 46.7 Å². The Kier molecular flexibility index (Phi) is 34.5. The molecular formula is C32H63NaO4S. The summed E-state index contributed by atoms with van der Waals surface area (Å²) in [5.74, 6) is 0.0178. The fourth-order valence-electron chi connectivity index (χ4n) is 5.05. The molecule has 0 heterocycles. The quantitative estimate of drug-likeness (QED) is 0.0292. The molecule has 0 aromatic carbocycles. The summed E-state index contributed by atoms with van der Waals surface area (Å²) in [6, 6.07) is 0. The van der Waals surface area contributed by atoms with Crippen molar-refractivity contribution in [1.29, 1.82) is 0 Å². The molecule has 38 heavy (non-hydrogen) atoms. The molecule has 1 atom stereocenters. The van der Waals surface area contributed by atoms with Gasteiger partial charge < -0.3 is 4.55 Å². The molecule has 1 unspecified atom stereocenters. The van der Waals surface area contributed by atoms with E-state index in [1.807, 2.05) is 0 Å². The van der Waals surface area contributed by atoms with E-state index in [0.717, 1.165) is 19.3 Å². The summed E-state index contributed by atoms with van der Waals surface area (Å²) >= 11 is 0. The molecule has 0 amide bonds. The maximum Gasteiger partial charge on any atom is 1.00 e. The predicted molar refractivity (Wildman–Crippen MR) is 160 cm³/mol. The Labute approximate surface area is 261 Å². The maximum atomic E-state index is 10.9. The Hall–Kier alpha value is 0.610. The van der Waals surface area contributed by atoms with Gasteiger partial charge >= 0.3 is 29.6 Å². The fourth-order valence-corrected chi connectivity index (χ4v) is 5.39. The molecule has 0 aromatic heterocycles. The molecule has 0 bridgehead atoms. The smallest absolute Gasteiger partial charge is 0.726 e. The third-order valence-corrected chi connectivity index (χ3v) is 7.91. The van der Waals surface area contributed by atoms with Crippen molar-refractivity contribution >= 4 is 10.4 Å². The second kappa shape index (κ2) is 32.1. The first kappa shape index (κ1) is 40.7. The predicted octanol–water partition coefficient (Wildman–Crippen LogP) is 7.82. The van der Waals surface area contributed by atoms with Crippen molar-refractivity contribution in [2.45, 2.75) is 181 Å². The van der Waals surface area contributed by atoms with Gasteiger partial charge in [-0.15, -0.1) is 0 Å². The number of unbranched alkanes of at least 4 members (excludes halogenated alkanes) is 23. The summed E-state index contributed by atoms with van der Waals surface area (Å²) in [5.41, 5.74) is 0. The van der Waals surface area contributed by atoms with Gasteiger partial charge in [0.1, 0.15) is 0 Å². The van der Waals surface area contributed by atoms with E-state index in [4.69, 9.17) is 0 Å².